The van der Waals surface area contributed by atoms with Crippen LogP contribution in [0, 0.1) is 0 Å². The molecule has 96 valence electrons. The van der Waals surface area contributed by atoms with E-state index in [9.17, 15) is 9.59 Å². The molecular formula is C12H14BrN3O2. The maximum Gasteiger partial charge on any atom is 0.252 e. The number of carbonyl (C=O) groups excluding carboxylic acids is 2. The fraction of sp³-hybridized carbons (Fsp3) is 0.333. The van der Waals surface area contributed by atoms with Gasteiger partial charge in [-0.05, 0) is 31.0 Å². The van der Waals surface area contributed by atoms with Crippen molar-refractivity contribution in [1.29, 1.82) is 0 Å². The van der Waals surface area contributed by atoms with Gasteiger partial charge in [0.15, 0.2) is 0 Å². The van der Waals surface area contributed by atoms with Crippen molar-refractivity contribution in [3.63, 3.8) is 0 Å². The molecule has 18 heavy (non-hydrogen) atoms. The third kappa shape index (κ3) is 3.01. The van der Waals surface area contributed by atoms with Crippen LogP contribution in [0.1, 0.15) is 23.2 Å². The summed E-state index contributed by atoms with van der Waals surface area (Å²) in [5.74, 6) is -0.414. The molecule has 0 spiro atoms. The van der Waals surface area contributed by atoms with Crippen LogP contribution < -0.4 is 16.4 Å². The summed E-state index contributed by atoms with van der Waals surface area (Å²) in [5.41, 5.74) is 6.62. The Labute approximate surface area is 113 Å². The predicted octanol–water partition coefficient (Wildman–Crippen LogP) is 1.04. The Morgan fingerprint density at radius 3 is 2.89 bits per heavy atom. The number of anilines is 1. The minimum atomic E-state index is -0.452. The Hall–Kier alpha value is -1.56. The summed E-state index contributed by atoms with van der Waals surface area (Å²) in [4.78, 5) is 23.5. The molecule has 0 aliphatic carbocycles. The van der Waals surface area contributed by atoms with E-state index in [2.05, 4.69) is 26.6 Å². The summed E-state index contributed by atoms with van der Waals surface area (Å²) in [6.07, 6.45) is 1.54. The predicted molar refractivity (Wildman–Crippen MR) is 72.1 cm³/mol. The van der Waals surface area contributed by atoms with Crippen molar-refractivity contribution in [2.75, 3.05) is 12.3 Å². The molecule has 1 atom stereocenters. The maximum absolute atomic E-state index is 12.0. The van der Waals surface area contributed by atoms with E-state index in [-0.39, 0.29) is 11.8 Å². The number of nitrogen functional groups attached to an aromatic ring is 1. The van der Waals surface area contributed by atoms with Crippen molar-refractivity contribution < 1.29 is 9.59 Å². The fourth-order valence-electron chi connectivity index (χ4n) is 1.89. The van der Waals surface area contributed by atoms with Gasteiger partial charge in [-0.3, -0.25) is 9.59 Å². The molecule has 0 radical (unpaired) electrons. The van der Waals surface area contributed by atoms with Crippen LogP contribution in [0.2, 0.25) is 0 Å². The molecule has 4 N–H and O–H groups in total. The van der Waals surface area contributed by atoms with Crippen LogP contribution >= 0.6 is 15.9 Å². The summed E-state index contributed by atoms with van der Waals surface area (Å²) in [6, 6.07) is 4.52. The first kappa shape index (κ1) is 12.9. The molecule has 1 unspecified atom stereocenters. The summed E-state index contributed by atoms with van der Waals surface area (Å²) >= 11 is 3.28. The first-order valence-corrected chi connectivity index (χ1v) is 6.50. The number of nitrogens with one attached hydrogen (secondary N) is 2. The summed E-state index contributed by atoms with van der Waals surface area (Å²) in [5, 5.41) is 5.44. The number of amides is 2. The number of piperidine rings is 1. The van der Waals surface area contributed by atoms with E-state index in [0.29, 0.717) is 24.2 Å². The maximum atomic E-state index is 12.0. The lowest BCUT2D eigenvalue weighted by atomic mass is 10.1. The minimum absolute atomic E-state index is 0.127. The number of benzene rings is 1. The van der Waals surface area contributed by atoms with Crippen LogP contribution in [-0.4, -0.2) is 24.4 Å². The van der Waals surface area contributed by atoms with Gasteiger partial charge in [0, 0.05) is 22.3 Å². The van der Waals surface area contributed by atoms with Crippen molar-refractivity contribution in [3.05, 3.63) is 28.2 Å². The summed E-state index contributed by atoms with van der Waals surface area (Å²) < 4.78 is 0.737. The van der Waals surface area contributed by atoms with E-state index >= 15 is 0 Å². The van der Waals surface area contributed by atoms with E-state index < -0.39 is 6.04 Å². The van der Waals surface area contributed by atoms with Gasteiger partial charge in [-0.15, -0.1) is 0 Å². The quantitative estimate of drug-likeness (QED) is 0.714. The molecule has 1 heterocycles. The van der Waals surface area contributed by atoms with Crippen LogP contribution in [0.5, 0.6) is 0 Å². The molecule has 1 fully saturated rings. The molecule has 1 aromatic rings. The highest BCUT2D eigenvalue weighted by Crippen LogP contribution is 2.17. The van der Waals surface area contributed by atoms with Gasteiger partial charge >= 0.3 is 0 Å². The number of hydrogen-bond acceptors (Lipinski definition) is 3. The largest absolute Gasteiger partial charge is 0.399 e. The third-order valence-corrected chi connectivity index (χ3v) is 3.23. The van der Waals surface area contributed by atoms with E-state index in [0.717, 1.165) is 10.9 Å². The van der Waals surface area contributed by atoms with Crippen molar-refractivity contribution in [2.24, 2.45) is 0 Å². The molecular weight excluding hydrogens is 298 g/mol. The fourth-order valence-corrected chi connectivity index (χ4v) is 2.41. The van der Waals surface area contributed by atoms with Gasteiger partial charge in [-0.25, -0.2) is 0 Å². The van der Waals surface area contributed by atoms with Gasteiger partial charge < -0.3 is 16.4 Å². The SMILES string of the molecule is Nc1cc(Br)cc(C(=O)NC2CCCNC2=O)c1. The molecule has 1 aromatic carbocycles. The zero-order valence-electron chi connectivity index (χ0n) is 9.70. The van der Waals surface area contributed by atoms with E-state index in [1.165, 1.54) is 0 Å². The van der Waals surface area contributed by atoms with E-state index in [1.807, 2.05) is 0 Å². The monoisotopic (exact) mass is 311 g/mol. The van der Waals surface area contributed by atoms with Gasteiger partial charge in [0.25, 0.3) is 5.91 Å². The number of halogens is 1. The highest BCUT2D eigenvalue weighted by Gasteiger charge is 2.24. The number of hydrogen-bond donors (Lipinski definition) is 3. The molecule has 0 aromatic heterocycles. The summed E-state index contributed by atoms with van der Waals surface area (Å²) in [6.45, 7) is 0.676. The zero-order valence-corrected chi connectivity index (χ0v) is 11.3. The first-order valence-electron chi connectivity index (χ1n) is 5.71. The molecule has 2 amide bonds. The van der Waals surface area contributed by atoms with Crippen LogP contribution in [-0.2, 0) is 4.79 Å². The summed E-state index contributed by atoms with van der Waals surface area (Å²) in [7, 11) is 0. The minimum Gasteiger partial charge on any atom is -0.399 e. The third-order valence-electron chi connectivity index (χ3n) is 2.77. The molecule has 2 rings (SSSR count). The lowest BCUT2D eigenvalue weighted by molar-refractivity contribution is -0.124. The Balaban J connectivity index is 2.09. The Morgan fingerprint density at radius 1 is 1.44 bits per heavy atom. The smallest absolute Gasteiger partial charge is 0.252 e. The molecule has 0 bridgehead atoms. The topological polar surface area (TPSA) is 84.2 Å². The Bertz CT molecular complexity index is 470. The normalized spacial score (nSPS) is 19.2. The van der Waals surface area contributed by atoms with Crippen molar-refractivity contribution >= 4 is 33.4 Å². The molecule has 0 saturated carbocycles. The molecule has 6 heteroatoms. The Kier molecular flexibility index (Phi) is 3.86. The molecule has 1 aliphatic rings. The van der Waals surface area contributed by atoms with Crippen LogP contribution in [0.3, 0.4) is 0 Å². The lowest BCUT2D eigenvalue weighted by Gasteiger charge is -2.22. The van der Waals surface area contributed by atoms with Gasteiger partial charge in [-0.1, -0.05) is 15.9 Å². The van der Waals surface area contributed by atoms with Gasteiger partial charge in [0.2, 0.25) is 5.91 Å². The van der Waals surface area contributed by atoms with Crippen LogP contribution in [0.4, 0.5) is 5.69 Å². The van der Waals surface area contributed by atoms with Crippen LogP contribution in [0.25, 0.3) is 0 Å². The van der Waals surface area contributed by atoms with E-state index in [1.54, 1.807) is 18.2 Å². The second-order valence-corrected chi connectivity index (χ2v) is 5.15. The van der Waals surface area contributed by atoms with Crippen molar-refractivity contribution in [1.82, 2.24) is 10.6 Å². The average molecular weight is 312 g/mol. The zero-order chi connectivity index (χ0) is 13.1. The molecule has 1 aliphatic heterocycles. The first-order chi connectivity index (χ1) is 8.56. The number of rotatable bonds is 2. The van der Waals surface area contributed by atoms with E-state index in [4.69, 9.17) is 5.73 Å². The standard InChI is InChI=1S/C12H14BrN3O2/c13-8-4-7(5-9(14)6-8)11(17)16-10-2-1-3-15-12(10)18/h4-6,10H,1-3,14H2,(H,15,18)(H,16,17). The molecule has 5 nitrogen and oxygen atoms in total. The average Bonchev–Trinajstić information content (AvgIpc) is 2.31. The molecule has 1 saturated heterocycles. The van der Waals surface area contributed by atoms with Gasteiger partial charge in [0.1, 0.15) is 6.04 Å². The second-order valence-electron chi connectivity index (χ2n) is 4.23. The second kappa shape index (κ2) is 5.39. The van der Waals surface area contributed by atoms with Crippen molar-refractivity contribution in [3.8, 4) is 0 Å². The number of nitrogens with two attached hydrogens (primary N) is 1. The van der Waals surface area contributed by atoms with Crippen LogP contribution in [0.15, 0.2) is 22.7 Å². The van der Waals surface area contributed by atoms with Gasteiger partial charge in [0.05, 0.1) is 0 Å². The lowest BCUT2D eigenvalue weighted by Crippen LogP contribution is -2.50. The Morgan fingerprint density at radius 2 is 2.22 bits per heavy atom. The number of carbonyl (C=O) groups is 2. The highest BCUT2D eigenvalue weighted by molar-refractivity contribution is 9.10. The highest BCUT2D eigenvalue weighted by atomic mass is 79.9. The van der Waals surface area contributed by atoms with Gasteiger partial charge in [-0.2, -0.15) is 0 Å². The van der Waals surface area contributed by atoms with Crippen molar-refractivity contribution in [2.45, 2.75) is 18.9 Å².